The lowest BCUT2D eigenvalue weighted by molar-refractivity contribution is -0.123. The van der Waals surface area contributed by atoms with Gasteiger partial charge in [-0.05, 0) is 44.7 Å². The van der Waals surface area contributed by atoms with Gasteiger partial charge in [0.25, 0.3) is 17.7 Å². The van der Waals surface area contributed by atoms with Crippen LogP contribution in [0.15, 0.2) is 52.4 Å². The first-order valence-electron chi connectivity index (χ1n) is 15.6. The number of aromatic nitrogens is 3. The Morgan fingerprint density at radius 2 is 1.83 bits per heavy atom. The second-order valence-electron chi connectivity index (χ2n) is 12.1. The van der Waals surface area contributed by atoms with Crippen molar-refractivity contribution in [2.24, 2.45) is 5.92 Å². The van der Waals surface area contributed by atoms with E-state index in [9.17, 15) is 19.2 Å². The van der Waals surface area contributed by atoms with E-state index in [0.29, 0.717) is 17.1 Å². The summed E-state index contributed by atoms with van der Waals surface area (Å²) in [6.07, 6.45) is 1.82. The molecule has 13 nitrogen and oxygen atoms in total. The molecule has 1 aliphatic heterocycles. The summed E-state index contributed by atoms with van der Waals surface area (Å²) >= 11 is 1.24. The second-order valence-corrected chi connectivity index (χ2v) is 13.0. The molecule has 0 spiro atoms. The Bertz CT molecular complexity index is 1800. The minimum absolute atomic E-state index is 0.0184. The second kappa shape index (κ2) is 14.8. The van der Waals surface area contributed by atoms with Crippen molar-refractivity contribution in [2.45, 2.75) is 59.2 Å². The van der Waals surface area contributed by atoms with Crippen molar-refractivity contribution >= 4 is 35.0 Å². The van der Waals surface area contributed by atoms with Crippen LogP contribution in [0.3, 0.4) is 0 Å². The Balaban J connectivity index is 1.58. The van der Waals surface area contributed by atoms with Crippen molar-refractivity contribution < 1.29 is 28.3 Å². The van der Waals surface area contributed by atoms with Gasteiger partial charge in [0.15, 0.2) is 5.69 Å². The molecule has 252 valence electrons. The quantitative estimate of drug-likeness (QED) is 0.284. The van der Waals surface area contributed by atoms with E-state index in [4.69, 9.17) is 9.15 Å². The Hall–Kier alpha value is -5.11. The zero-order valence-electron chi connectivity index (χ0n) is 27.7. The van der Waals surface area contributed by atoms with Crippen molar-refractivity contribution in [3.8, 4) is 5.75 Å². The van der Waals surface area contributed by atoms with Crippen LogP contribution in [0.5, 0.6) is 5.75 Å². The van der Waals surface area contributed by atoms with Gasteiger partial charge in [0, 0.05) is 17.6 Å². The molecular weight excluding hydrogens is 634 g/mol. The minimum atomic E-state index is -0.704. The van der Waals surface area contributed by atoms with Crippen LogP contribution >= 0.6 is 11.3 Å². The summed E-state index contributed by atoms with van der Waals surface area (Å²) < 4.78 is 11.4. The van der Waals surface area contributed by atoms with Crippen LogP contribution in [0.1, 0.15) is 92.1 Å². The predicted octanol–water partition coefficient (Wildman–Crippen LogP) is 3.95. The molecule has 4 amide bonds. The molecule has 0 saturated heterocycles. The van der Waals surface area contributed by atoms with Gasteiger partial charge >= 0.3 is 0 Å². The van der Waals surface area contributed by atoms with E-state index in [2.05, 4.69) is 30.9 Å². The van der Waals surface area contributed by atoms with Crippen LogP contribution < -0.4 is 20.7 Å². The lowest BCUT2D eigenvalue weighted by atomic mass is 10.0. The van der Waals surface area contributed by atoms with E-state index < -0.39 is 41.8 Å². The molecule has 5 rings (SSSR count). The normalized spacial score (nSPS) is 19.2. The van der Waals surface area contributed by atoms with Crippen LogP contribution in [0.25, 0.3) is 0 Å². The number of hydrogen-bond acceptors (Lipinski definition) is 10. The summed E-state index contributed by atoms with van der Waals surface area (Å²) in [5.74, 6) is -1.38. The molecule has 1 aliphatic rings. The molecule has 4 bridgehead atoms. The number of nitrogens with zero attached hydrogens (tertiary/aromatic N) is 4. The van der Waals surface area contributed by atoms with Crippen molar-refractivity contribution in [1.82, 2.24) is 35.8 Å². The lowest BCUT2D eigenvalue weighted by Crippen LogP contribution is -2.50. The Morgan fingerprint density at radius 3 is 2.54 bits per heavy atom. The van der Waals surface area contributed by atoms with Gasteiger partial charge in [-0.15, -0.1) is 11.3 Å². The Morgan fingerprint density at radius 1 is 1.08 bits per heavy atom. The molecular formula is C34H39N7O6S. The molecule has 4 heterocycles. The number of aryl methyl sites for hydroxylation is 2. The molecule has 0 fully saturated rings. The number of ether oxygens (including phenoxy) is 1. The number of methoxy groups -OCH3 is 1. The van der Waals surface area contributed by atoms with Crippen molar-refractivity contribution in [1.29, 1.82) is 0 Å². The highest BCUT2D eigenvalue weighted by atomic mass is 32.1. The molecule has 0 aliphatic carbocycles. The molecule has 0 radical (unpaired) electrons. The number of nitrogens with one attached hydrogen (secondary N) is 3. The Kier molecular flexibility index (Phi) is 10.5. The van der Waals surface area contributed by atoms with E-state index in [1.165, 1.54) is 29.5 Å². The van der Waals surface area contributed by atoms with E-state index in [0.717, 1.165) is 5.56 Å². The third-order valence-corrected chi connectivity index (χ3v) is 8.95. The fourth-order valence-corrected chi connectivity index (χ4v) is 6.24. The zero-order valence-corrected chi connectivity index (χ0v) is 28.5. The predicted molar refractivity (Wildman–Crippen MR) is 178 cm³/mol. The first kappa shape index (κ1) is 34.2. The number of hydrogen-bond donors (Lipinski definition) is 3. The largest absolute Gasteiger partial charge is 0.494 e. The molecule has 3 atom stereocenters. The number of amides is 4. The van der Waals surface area contributed by atoms with Gasteiger partial charge in [0.05, 0.1) is 37.5 Å². The molecule has 0 saturated carbocycles. The number of oxazole rings is 1. The van der Waals surface area contributed by atoms with Gasteiger partial charge < -0.3 is 30.0 Å². The molecule has 3 N–H and O–H groups in total. The maximum atomic E-state index is 14.3. The van der Waals surface area contributed by atoms with E-state index in [-0.39, 0.29) is 53.4 Å². The summed E-state index contributed by atoms with van der Waals surface area (Å²) in [6.45, 7) is 8.54. The molecule has 48 heavy (non-hydrogen) atoms. The molecule has 3 aromatic heterocycles. The van der Waals surface area contributed by atoms with Gasteiger partial charge in [-0.1, -0.05) is 44.2 Å². The standard InChI is InChI=1S/C34H39N7O6S/c1-18(2)28-32-40-29(21(5)47-32)31(44)36-20(4)33-38-25(17-48-33)30(43)37-23(13-22-10-8-7-9-11-22)15-41(16-27(42)39-28)34(45)24-12-19(3)35-14-26(24)46-6/h7-12,14,17-18,20,23,28H,13,15-16H2,1-6H3,(H,36,44)(H,37,43)(H,39,42)/t20-,23-,28+/m1/s1. The third-order valence-electron chi connectivity index (χ3n) is 7.93. The molecule has 4 aromatic rings. The summed E-state index contributed by atoms with van der Waals surface area (Å²) in [5, 5.41) is 11.0. The monoisotopic (exact) mass is 673 g/mol. The molecule has 14 heteroatoms. The fourth-order valence-electron chi connectivity index (χ4n) is 5.44. The topological polar surface area (TPSA) is 169 Å². The van der Waals surface area contributed by atoms with Gasteiger partial charge in [-0.3, -0.25) is 24.2 Å². The van der Waals surface area contributed by atoms with Gasteiger partial charge in [0.2, 0.25) is 11.8 Å². The van der Waals surface area contributed by atoms with Gasteiger partial charge in [0.1, 0.15) is 28.3 Å². The SMILES string of the molecule is COc1cnc(C)cc1C(=O)N1CC(=O)N[C@@H](C(C)C)c2nc(c(C)o2)C(=O)N[C@H](C)c2nc(cs2)C(=O)N[C@H](Cc2ccccc2)C1. The highest BCUT2D eigenvalue weighted by Gasteiger charge is 2.31. The first-order valence-corrected chi connectivity index (χ1v) is 16.5. The minimum Gasteiger partial charge on any atom is -0.494 e. The maximum Gasteiger partial charge on any atom is 0.274 e. The zero-order chi connectivity index (χ0) is 34.5. The fraction of sp³-hybridized carbons (Fsp3) is 0.382. The number of benzene rings is 1. The number of thiazole rings is 1. The molecule has 0 unspecified atom stereocenters. The van der Waals surface area contributed by atoms with Crippen molar-refractivity contribution in [3.63, 3.8) is 0 Å². The first-order chi connectivity index (χ1) is 22.9. The summed E-state index contributed by atoms with van der Waals surface area (Å²) in [6, 6.07) is 9.28. The average molecular weight is 674 g/mol. The highest BCUT2D eigenvalue weighted by molar-refractivity contribution is 7.09. The van der Waals surface area contributed by atoms with E-state index >= 15 is 0 Å². The van der Waals surface area contributed by atoms with Crippen molar-refractivity contribution in [2.75, 3.05) is 20.2 Å². The highest BCUT2D eigenvalue weighted by Crippen LogP contribution is 2.26. The van der Waals surface area contributed by atoms with Crippen LogP contribution in [-0.4, -0.2) is 69.7 Å². The van der Waals surface area contributed by atoms with Crippen LogP contribution in [0.4, 0.5) is 0 Å². The van der Waals surface area contributed by atoms with Gasteiger partial charge in [-0.2, -0.15) is 0 Å². The summed E-state index contributed by atoms with van der Waals surface area (Å²) in [7, 11) is 1.44. The van der Waals surface area contributed by atoms with Crippen LogP contribution in [0, 0.1) is 19.8 Å². The number of fused-ring (bicyclic) bond motifs is 4. The number of carbonyl (C=O) groups is 4. The number of pyridine rings is 1. The van der Waals surface area contributed by atoms with E-state index in [1.807, 2.05) is 44.2 Å². The average Bonchev–Trinajstić information content (AvgIpc) is 3.70. The number of rotatable bonds is 5. The third kappa shape index (κ3) is 7.88. The number of carbonyl (C=O) groups excluding carboxylic acids is 4. The lowest BCUT2D eigenvalue weighted by Gasteiger charge is -2.29. The summed E-state index contributed by atoms with van der Waals surface area (Å²) in [4.78, 5) is 69.5. The van der Waals surface area contributed by atoms with Crippen LogP contribution in [-0.2, 0) is 11.2 Å². The molecule has 1 aromatic carbocycles. The van der Waals surface area contributed by atoms with Crippen molar-refractivity contribution in [3.05, 3.63) is 92.8 Å². The van der Waals surface area contributed by atoms with Gasteiger partial charge in [-0.25, -0.2) is 9.97 Å². The maximum absolute atomic E-state index is 14.3. The summed E-state index contributed by atoms with van der Waals surface area (Å²) in [5.41, 5.74) is 1.98. The Labute approximate surface area is 282 Å². The smallest absolute Gasteiger partial charge is 0.274 e. The van der Waals surface area contributed by atoms with E-state index in [1.54, 1.807) is 32.2 Å². The van der Waals surface area contributed by atoms with Crippen LogP contribution in [0.2, 0.25) is 0 Å².